The summed E-state index contributed by atoms with van der Waals surface area (Å²) in [6.07, 6.45) is 2.69. The molecule has 0 spiro atoms. The molecule has 2 heteroatoms. The number of alkyl halides is 1. The van der Waals surface area contributed by atoms with Gasteiger partial charge in [0, 0.05) is 6.04 Å². The van der Waals surface area contributed by atoms with E-state index in [0.29, 0.717) is 6.42 Å². The average molecular weight is 117 g/mol. The van der Waals surface area contributed by atoms with Crippen molar-refractivity contribution in [3.8, 4) is 0 Å². The van der Waals surface area contributed by atoms with Crippen molar-refractivity contribution in [1.29, 1.82) is 0 Å². The molecule has 1 aliphatic rings. The van der Waals surface area contributed by atoms with Gasteiger partial charge < -0.3 is 5.73 Å². The van der Waals surface area contributed by atoms with Crippen LogP contribution in [0.3, 0.4) is 0 Å². The Bertz CT molecular complexity index is 66.9. The van der Waals surface area contributed by atoms with Crippen molar-refractivity contribution in [2.75, 3.05) is 0 Å². The van der Waals surface area contributed by atoms with Crippen LogP contribution in [0.25, 0.3) is 0 Å². The molecule has 0 amide bonds. The fraction of sp³-hybridized carbons (Fsp3) is 1.00. The molecule has 1 rings (SSSR count). The summed E-state index contributed by atoms with van der Waals surface area (Å²) in [5.74, 6) is 0. The molecule has 0 aromatic rings. The lowest BCUT2D eigenvalue weighted by Gasteiger charge is -2.19. The number of hydrogen-bond acceptors (Lipinski definition) is 1. The molecule has 0 saturated heterocycles. The quantitative estimate of drug-likeness (QED) is 0.507. The second-order valence-corrected chi connectivity index (χ2v) is 2.52. The molecular weight excluding hydrogens is 105 g/mol. The summed E-state index contributed by atoms with van der Waals surface area (Å²) in [6, 6.07) is 0.138. The molecule has 48 valence electrons. The molecule has 0 radical (unpaired) electrons. The van der Waals surface area contributed by atoms with Crippen LogP contribution >= 0.6 is 0 Å². The Morgan fingerprint density at radius 3 is 2.50 bits per heavy atom. The second kappa shape index (κ2) is 2.44. The standard InChI is InChI=1S/C6H12FN/c7-5-2-1-3-6(8)4-5/h5-6H,1-4,8H2/t5-,6-/m1/s1. The Morgan fingerprint density at radius 2 is 2.12 bits per heavy atom. The van der Waals surface area contributed by atoms with Crippen molar-refractivity contribution in [2.24, 2.45) is 5.73 Å². The van der Waals surface area contributed by atoms with E-state index < -0.39 is 6.17 Å². The first-order chi connectivity index (χ1) is 3.79. The van der Waals surface area contributed by atoms with E-state index in [1.54, 1.807) is 0 Å². The van der Waals surface area contributed by atoms with Gasteiger partial charge in [-0.3, -0.25) is 0 Å². The van der Waals surface area contributed by atoms with E-state index >= 15 is 0 Å². The van der Waals surface area contributed by atoms with E-state index in [4.69, 9.17) is 5.73 Å². The van der Waals surface area contributed by atoms with E-state index in [0.717, 1.165) is 19.3 Å². The summed E-state index contributed by atoms with van der Waals surface area (Å²) >= 11 is 0. The smallest absolute Gasteiger partial charge is 0.102 e. The lowest BCUT2D eigenvalue weighted by atomic mass is 9.95. The molecule has 0 unspecified atom stereocenters. The van der Waals surface area contributed by atoms with Gasteiger partial charge in [-0.1, -0.05) is 0 Å². The molecule has 1 aliphatic carbocycles. The fourth-order valence-electron chi connectivity index (χ4n) is 1.17. The van der Waals surface area contributed by atoms with Crippen LogP contribution in [-0.2, 0) is 0 Å². The van der Waals surface area contributed by atoms with Crippen molar-refractivity contribution >= 4 is 0 Å². The highest BCUT2D eigenvalue weighted by molar-refractivity contribution is 4.73. The molecular formula is C6H12FN. The Labute approximate surface area is 49.1 Å². The lowest BCUT2D eigenvalue weighted by molar-refractivity contribution is 0.232. The van der Waals surface area contributed by atoms with Crippen LogP contribution in [0.4, 0.5) is 4.39 Å². The van der Waals surface area contributed by atoms with Gasteiger partial charge in [0.05, 0.1) is 0 Å². The molecule has 1 fully saturated rings. The van der Waals surface area contributed by atoms with E-state index in [2.05, 4.69) is 0 Å². The van der Waals surface area contributed by atoms with Gasteiger partial charge in [0.1, 0.15) is 6.17 Å². The first-order valence-electron chi connectivity index (χ1n) is 3.18. The van der Waals surface area contributed by atoms with Crippen LogP contribution in [0.5, 0.6) is 0 Å². The van der Waals surface area contributed by atoms with E-state index in [1.165, 1.54) is 0 Å². The zero-order chi connectivity index (χ0) is 5.98. The van der Waals surface area contributed by atoms with Crippen molar-refractivity contribution in [3.63, 3.8) is 0 Å². The zero-order valence-electron chi connectivity index (χ0n) is 4.94. The monoisotopic (exact) mass is 117 g/mol. The van der Waals surface area contributed by atoms with Crippen LogP contribution in [0.2, 0.25) is 0 Å². The molecule has 0 heterocycles. The molecule has 0 bridgehead atoms. The third kappa shape index (κ3) is 1.44. The Balaban J connectivity index is 2.23. The summed E-state index contributed by atoms with van der Waals surface area (Å²) in [5.41, 5.74) is 5.49. The molecule has 0 aromatic carbocycles. The number of rotatable bonds is 0. The van der Waals surface area contributed by atoms with Gasteiger partial charge in [-0.05, 0) is 25.7 Å². The van der Waals surface area contributed by atoms with Crippen LogP contribution in [0, 0.1) is 0 Å². The minimum Gasteiger partial charge on any atom is -0.328 e. The Kier molecular flexibility index (Phi) is 1.84. The third-order valence-electron chi connectivity index (χ3n) is 1.65. The highest BCUT2D eigenvalue weighted by Crippen LogP contribution is 2.18. The van der Waals surface area contributed by atoms with Gasteiger partial charge in [0.15, 0.2) is 0 Å². The fourth-order valence-corrected chi connectivity index (χ4v) is 1.17. The van der Waals surface area contributed by atoms with Crippen molar-refractivity contribution in [3.05, 3.63) is 0 Å². The maximum absolute atomic E-state index is 12.4. The highest BCUT2D eigenvalue weighted by atomic mass is 19.1. The first-order valence-corrected chi connectivity index (χ1v) is 3.18. The summed E-state index contributed by atoms with van der Waals surface area (Å²) in [7, 11) is 0. The second-order valence-electron chi connectivity index (χ2n) is 2.52. The van der Waals surface area contributed by atoms with Crippen LogP contribution in [0.1, 0.15) is 25.7 Å². The van der Waals surface area contributed by atoms with Crippen LogP contribution < -0.4 is 5.73 Å². The van der Waals surface area contributed by atoms with Crippen molar-refractivity contribution in [2.45, 2.75) is 37.9 Å². The predicted molar refractivity (Wildman–Crippen MR) is 31.3 cm³/mol. The Morgan fingerprint density at radius 1 is 1.38 bits per heavy atom. The maximum atomic E-state index is 12.4. The van der Waals surface area contributed by atoms with Crippen LogP contribution in [0.15, 0.2) is 0 Å². The summed E-state index contributed by atoms with van der Waals surface area (Å²) in [4.78, 5) is 0. The maximum Gasteiger partial charge on any atom is 0.102 e. The molecule has 8 heavy (non-hydrogen) atoms. The minimum absolute atomic E-state index is 0.138. The normalized spacial score (nSPS) is 39.8. The highest BCUT2D eigenvalue weighted by Gasteiger charge is 2.17. The van der Waals surface area contributed by atoms with Gasteiger partial charge in [-0.2, -0.15) is 0 Å². The molecule has 0 aromatic heterocycles. The van der Waals surface area contributed by atoms with Gasteiger partial charge >= 0.3 is 0 Å². The number of halogens is 1. The van der Waals surface area contributed by atoms with Gasteiger partial charge in [-0.15, -0.1) is 0 Å². The van der Waals surface area contributed by atoms with Crippen molar-refractivity contribution in [1.82, 2.24) is 0 Å². The third-order valence-corrected chi connectivity index (χ3v) is 1.65. The molecule has 2 N–H and O–H groups in total. The lowest BCUT2D eigenvalue weighted by Crippen LogP contribution is -2.28. The van der Waals surface area contributed by atoms with Crippen LogP contribution in [-0.4, -0.2) is 12.2 Å². The largest absolute Gasteiger partial charge is 0.328 e. The SMILES string of the molecule is N[C@@H]1CCC[C@@H](F)C1. The topological polar surface area (TPSA) is 26.0 Å². The van der Waals surface area contributed by atoms with E-state index in [-0.39, 0.29) is 6.04 Å². The van der Waals surface area contributed by atoms with E-state index in [1.807, 2.05) is 0 Å². The summed E-state index contributed by atoms with van der Waals surface area (Å²) in [6.45, 7) is 0. The molecule has 1 saturated carbocycles. The Hall–Kier alpha value is -0.110. The molecule has 1 nitrogen and oxygen atoms in total. The van der Waals surface area contributed by atoms with Gasteiger partial charge in [0.25, 0.3) is 0 Å². The van der Waals surface area contributed by atoms with Crippen molar-refractivity contribution < 1.29 is 4.39 Å². The first kappa shape index (κ1) is 6.02. The van der Waals surface area contributed by atoms with E-state index in [9.17, 15) is 4.39 Å². The van der Waals surface area contributed by atoms with Gasteiger partial charge in [-0.25, -0.2) is 4.39 Å². The number of nitrogens with two attached hydrogens (primary N) is 1. The van der Waals surface area contributed by atoms with Gasteiger partial charge in [0.2, 0.25) is 0 Å². The minimum atomic E-state index is -0.612. The number of hydrogen-bond donors (Lipinski definition) is 1. The predicted octanol–water partition coefficient (Wildman–Crippen LogP) is 1.23. The zero-order valence-corrected chi connectivity index (χ0v) is 4.94. The molecule has 2 atom stereocenters. The average Bonchev–Trinajstić information content (AvgIpc) is 1.64. The summed E-state index contributed by atoms with van der Waals surface area (Å²) < 4.78 is 12.4. The summed E-state index contributed by atoms with van der Waals surface area (Å²) in [5, 5.41) is 0. The molecule has 0 aliphatic heterocycles.